The second-order valence-corrected chi connectivity index (χ2v) is 11.8. The maximum Gasteiger partial charge on any atom is 0.337 e. The average Bonchev–Trinajstić information content (AvgIpc) is 3.00. The van der Waals surface area contributed by atoms with Gasteiger partial charge >= 0.3 is 11.9 Å². The normalized spacial score (nSPS) is 12.1. The lowest BCUT2D eigenvalue weighted by Crippen LogP contribution is -2.03. The van der Waals surface area contributed by atoms with Gasteiger partial charge in [0.05, 0.1) is 28.2 Å². The zero-order chi connectivity index (χ0) is 33.5. The Bertz CT molecular complexity index is 2130. The summed E-state index contributed by atoms with van der Waals surface area (Å²) in [5.74, 6) is -2.44. The van der Waals surface area contributed by atoms with Crippen LogP contribution in [-0.2, 0) is 20.2 Å². The van der Waals surface area contributed by atoms with E-state index in [1.165, 1.54) is 72.8 Å². The van der Waals surface area contributed by atoms with Crippen molar-refractivity contribution in [3.63, 3.8) is 0 Å². The first-order valence-electron chi connectivity index (χ1n) is 12.6. The van der Waals surface area contributed by atoms with E-state index in [4.69, 9.17) is 0 Å². The highest BCUT2D eigenvalue weighted by atomic mass is 32.2. The summed E-state index contributed by atoms with van der Waals surface area (Å²) in [5.41, 5.74) is 4.68. The molecular weight excluding hydrogens is 644 g/mol. The quantitative estimate of drug-likeness (QED) is 0.0442. The van der Waals surface area contributed by atoms with Gasteiger partial charge in [0, 0.05) is 0 Å². The summed E-state index contributed by atoms with van der Waals surface area (Å²) in [6.45, 7) is 0. The molecule has 0 unspecified atom stereocenters. The topological polar surface area (TPSA) is 257 Å². The van der Waals surface area contributed by atoms with E-state index >= 15 is 0 Å². The number of para-hydroxylation sites is 1. The van der Waals surface area contributed by atoms with Gasteiger partial charge in [-0.05, 0) is 59.7 Å². The number of carbonyl (C=O) groups is 2. The first-order valence-corrected chi connectivity index (χ1v) is 15.5. The third-order valence-corrected chi connectivity index (χ3v) is 7.79. The Morgan fingerprint density at radius 2 is 1.17 bits per heavy atom. The van der Waals surface area contributed by atoms with E-state index in [-0.39, 0.29) is 45.0 Å². The summed E-state index contributed by atoms with van der Waals surface area (Å²) in [6.07, 6.45) is 2.35. The van der Waals surface area contributed by atoms with Crippen LogP contribution >= 0.6 is 0 Å². The highest BCUT2D eigenvalue weighted by Gasteiger charge is 2.18. The zero-order valence-corrected chi connectivity index (χ0v) is 24.7. The van der Waals surface area contributed by atoms with Crippen LogP contribution < -0.4 is 10.9 Å². The maximum atomic E-state index is 12.1. The first kappa shape index (κ1) is 33.1. The maximum absolute atomic E-state index is 12.1. The number of carboxylic acid groups (broad SMARTS) is 2. The number of carboxylic acids is 2. The molecular formula is C28H22N6O10S2. The van der Waals surface area contributed by atoms with Crippen molar-refractivity contribution in [2.45, 2.75) is 9.79 Å². The molecule has 0 spiro atoms. The summed E-state index contributed by atoms with van der Waals surface area (Å²) in [6, 6.07) is 18.8. The van der Waals surface area contributed by atoms with Crippen LogP contribution in [0.15, 0.2) is 115 Å². The molecule has 6 N–H and O–H groups in total. The van der Waals surface area contributed by atoms with Gasteiger partial charge in [0.1, 0.15) is 15.5 Å². The Labute approximate surface area is 260 Å². The van der Waals surface area contributed by atoms with Crippen molar-refractivity contribution >= 4 is 67.1 Å². The number of hydrogen-bond acceptors (Lipinski definition) is 10. The smallest absolute Gasteiger partial charge is 0.337 e. The molecule has 0 fully saturated rings. The fourth-order valence-electron chi connectivity index (χ4n) is 3.87. The van der Waals surface area contributed by atoms with Gasteiger partial charge in [0.2, 0.25) is 0 Å². The van der Waals surface area contributed by atoms with E-state index in [0.717, 1.165) is 12.1 Å². The third-order valence-electron chi connectivity index (χ3n) is 5.97. The second-order valence-electron chi connectivity index (χ2n) is 9.05. The van der Waals surface area contributed by atoms with E-state index < -0.39 is 42.0 Å². The van der Waals surface area contributed by atoms with Crippen molar-refractivity contribution < 1.29 is 45.7 Å². The first-order chi connectivity index (χ1) is 21.7. The number of hydrogen-bond donors (Lipinski definition) is 6. The minimum Gasteiger partial charge on any atom is -0.478 e. The van der Waals surface area contributed by atoms with Gasteiger partial charge in [-0.1, -0.05) is 59.0 Å². The van der Waals surface area contributed by atoms with Gasteiger partial charge in [-0.3, -0.25) is 20.0 Å². The monoisotopic (exact) mass is 666 g/mol. The molecule has 0 aliphatic rings. The van der Waals surface area contributed by atoms with Crippen LogP contribution in [0.2, 0.25) is 0 Å². The molecule has 4 aromatic carbocycles. The Morgan fingerprint density at radius 3 is 1.80 bits per heavy atom. The van der Waals surface area contributed by atoms with Gasteiger partial charge < -0.3 is 10.2 Å². The molecule has 46 heavy (non-hydrogen) atoms. The number of nitrogens with zero attached hydrogens (tertiary/aromatic N) is 4. The highest BCUT2D eigenvalue weighted by Crippen LogP contribution is 2.28. The number of benzene rings is 4. The molecule has 0 aromatic heterocycles. The Morgan fingerprint density at radius 1 is 0.630 bits per heavy atom. The summed E-state index contributed by atoms with van der Waals surface area (Å²) in [4.78, 5) is 21.5. The van der Waals surface area contributed by atoms with Crippen molar-refractivity contribution in [3.8, 4) is 0 Å². The van der Waals surface area contributed by atoms with Crippen LogP contribution in [0.25, 0.3) is 12.2 Å². The summed E-state index contributed by atoms with van der Waals surface area (Å²) in [5, 5.41) is 33.4. The Hall–Kier alpha value is -5.82. The molecule has 0 heterocycles. The van der Waals surface area contributed by atoms with Crippen LogP contribution in [0.1, 0.15) is 31.8 Å². The molecule has 236 valence electrons. The lowest BCUT2D eigenvalue weighted by Gasteiger charge is -2.08. The van der Waals surface area contributed by atoms with Crippen LogP contribution in [-0.4, -0.2) is 48.1 Å². The third kappa shape index (κ3) is 8.42. The van der Waals surface area contributed by atoms with Crippen molar-refractivity contribution in [2.24, 2.45) is 20.7 Å². The molecule has 4 aromatic rings. The molecule has 0 aliphatic carbocycles. The van der Waals surface area contributed by atoms with E-state index in [1.807, 2.05) is 0 Å². The molecule has 0 aliphatic heterocycles. The lowest BCUT2D eigenvalue weighted by molar-refractivity contribution is 0.0687. The fourth-order valence-corrected chi connectivity index (χ4v) is 5.29. The van der Waals surface area contributed by atoms with Crippen molar-refractivity contribution in [1.82, 2.24) is 0 Å². The number of rotatable bonds is 12. The van der Waals surface area contributed by atoms with E-state index in [2.05, 4.69) is 31.5 Å². The molecule has 0 radical (unpaired) electrons. The molecule has 0 saturated carbocycles. The van der Waals surface area contributed by atoms with E-state index in [0.29, 0.717) is 0 Å². The van der Waals surface area contributed by atoms with Gasteiger partial charge in [-0.25, -0.2) is 9.59 Å². The van der Waals surface area contributed by atoms with Crippen LogP contribution in [0, 0.1) is 0 Å². The van der Waals surface area contributed by atoms with Crippen LogP contribution in [0.3, 0.4) is 0 Å². The molecule has 0 saturated heterocycles. The summed E-state index contributed by atoms with van der Waals surface area (Å²) >= 11 is 0. The molecule has 18 heteroatoms. The predicted octanol–water partition coefficient (Wildman–Crippen LogP) is 5.97. The summed E-state index contributed by atoms with van der Waals surface area (Å²) in [7, 11) is -9.65. The van der Waals surface area contributed by atoms with Gasteiger partial charge in [-0.2, -0.15) is 16.8 Å². The Balaban J connectivity index is 1.59. The van der Waals surface area contributed by atoms with Crippen molar-refractivity contribution in [2.75, 3.05) is 10.9 Å². The number of aromatic carboxylic acids is 2. The summed E-state index contributed by atoms with van der Waals surface area (Å²) < 4.78 is 68.2. The van der Waals surface area contributed by atoms with Gasteiger partial charge in [0.25, 0.3) is 20.2 Å². The molecule has 4 rings (SSSR count). The lowest BCUT2D eigenvalue weighted by atomic mass is 10.1. The number of anilines is 2. The van der Waals surface area contributed by atoms with Crippen molar-refractivity contribution in [1.29, 1.82) is 0 Å². The SMILES string of the molecule is O=C(O)c1ccccc1N=NNc1ccc(C=Cc2ccc(N=NNc3ccccc3C(=O)O)cc2S(=O)(=O)O)c(S(=O)(=O)O)c1. The molecule has 0 atom stereocenters. The Kier molecular flexibility index (Phi) is 9.97. The minimum absolute atomic E-state index is 0.0268. The predicted molar refractivity (Wildman–Crippen MR) is 165 cm³/mol. The highest BCUT2D eigenvalue weighted by molar-refractivity contribution is 7.86. The van der Waals surface area contributed by atoms with E-state index in [9.17, 15) is 45.7 Å². The average molecular weight is 667 g/mol. The minimum atomic E-state index is -4.83. The molecule has 0 amide bonds. The zero-order valence-electron chi connectivity index (χ0n) is 23.1. The van der Waals surface area contributed by atoms with Gasteiger partial charge in [0.15, 0.2) is 0 Å². The largest absolute Gasteiger partial charge is 0.478 e. The number of nitrogens with one attached hydrogen (secondary N) is 2. The van der Waals surface area contributed by atoms with Crippen LogP contribution in [0.5, 0.6) is 0 Å². The fraction of sp³-hybridized carbons (Fsp3) is 0. The van der Waals surface area contributed by atoms with E-state index in [1.54, 1.807) is 12.1 Å². The van der Waals surface area contributed by atoms with Crippen LogP contribution in [0.4, 0.5) is 22.7 Å². The van der Waals surface area contributed by atoms with Crippen molar-refractivity contribution in [3.05, 3.63) is 107 Å². The molecule has 16 nitrogen and oxygen atoms in total. The molecule has 0 bridgehead atoms. The van der Waals surface area contributed by atoms with Gasteiger partial charge in [-0.15, -0.1) is 10.2 Å². The standard InChI is InChI=1S/C28H22N6O10S2/c35-27(36)21-5-1-3-7-23(21)31-33-29-19-13-11-17(25(15-19)45(39,40)41)9-10-18-12-14-20(16-26(18)46(42,43)44)30-34-32-24-8-4-2-6-22(24)28(37)38/h1-16H,(H,29,31)(H,30,32)(H,35,36)(H,37,38)(H,39,40,41)(H,42,43,44). The second kappa shape index (κ2) is 13.9.